The summed E-state index contributed by atoms with van der Waals surface area (Å²) in [4.78, 5) is 0. The lowest BCUT2D eigenvalue weighted by Gasteiger charge is -2.31. The second-order valence-electron chi connectivity index (χ2n) is 6.45. The Hall–Kier alpha value is -0.120. The monoisotopic (exact) mass is 245 g/mol. The molecule has 17 heavy (non-hydrogen) atoms. The molecule has 0 rings (SSSR count). The molecule has 104 valence electrons. The Bertz CT molecular complexity index is 201. The zero-order valence-corrected chi connectivity index (χ0v) is 12.5. The normalized spacial score (nSPS) is 17.8. The number of likely N-dealkylation sites (N-methyl/N-ethyl adjacent to an activating group) is 1. The second kappa shape index (κ2) is 7.34. The molecule has 0 spiro atoms. The summed E-state index contributed by atoms with van der Waals surface area (Å²) in [7, 11) is 0. The number of aliphatic hydroxyl groups is 1. The van der Waals surface area contributed by atoms with Crippen molar-refractivity contribution in [3.05, 3.63) is 0 Å². The van der Waals surface area contributed by atoms with Gasteiger partial charge >= 0.3 is 0 Å². The minimum absolute atomic E-state index is 0.147. The Labute approximate surface area is 107 Å². The lowest BCUT2D eigenvalue weighted by atomic mass is 9.92. The van der Waals surface area contributed by atoms with Crippen LogP contribution < -0.4 is 5.32 Å². The third-order valence-electron chi connectivity index (χ3n) is 2.94. The van der Waals surface area contributed by atoms with E-state index in [0.717, 1.165) is 26.0 Å². The zero-order valence-electron chi connectivity index (χ0n) is 12.5. The quantitative estimate of drug-likeness (QED) is 0.690. The van der Waals surface area contributed by atoms with Crippen LogP contribution in [0.2, 0.25) is 0 Å². The molecule has 2 atom stereocenters. The summed E-state index contributed by atoms with van der Waals surface area (Å²) in [5.74, 6) is 0. The molecule has 3 nitrogen and oxygen atoms in total. The van der Waals surface area contributed by atoms with Crippen LogP contribution in [0.1, 0.15) is 54.4 Å². The van der Waals surface area contributed by atoms with E-state index in [1.54, 1.807) is 0 Å². The highest BCUT2D eigenvalue weighted by Gasteiger charge is 2.25. The van der Waals surface area contributed by atoms with Gasteiger partial charge in [0.1, 0.15) is 0 Å². The van der Waals surface area contributed by atoms with E-state index >= 15 is 0 Å². The van der Waals surface area contributed by atoms with Crippen LogP contribution in [0.3, 0.4) is 0 Å². The fraction of sp³-hybridized carbons (Fsp3) is 1.00. The number of hydrogen-bond acceptors (Lipinski definition) is 3. The van der Waals surface area contributed by atoms with E-state index in [0.29, 0.717) is 5.41 Å². The van der Waals surface area contributed by atoms with Gasteiger partial charge in [0.05, 0.1) is 12.7 Å². The van der Waals surface area contributed by atoms with E-state index < -0.39 is 0 Å². The third kappa shape index (κ3) is 8.58. The Morgan fingerprint density at radius 3 is 2.24 bits per heavy atom. The summed E-state index contributed by atoms with van der Waals surface area (Å²) < 4.78 is 5.81. The summed E-state index contributed by atoms with van der Waals surface area (Å²) in [6.07, 6.45) is 2.07. The van der Waals surface area contributed by atoms with Gasteiger partial charge in [0.15, 0.2) is 0 Å². The number of rotatable bonds is 8. The van der Waals surface area contributed by atoms with Crippen LogP contribution in [0.5, 0.6) is 0 Å². The summed E-state index contributed by atoms with van der Waals surface area (Å²) >= 11 is 0. The average Bonchev–Trinajstić information content (AvgIpc) is 2.15. The van der Waals surface area contributed by atoms with Crippen LogP contribution in [-0.4, -0.2) is 36.5 Å². The van der Waals surface area contributed by atoms with Crippen molar-refractivity contribution in [1.82, 2.24) is 5.32 Å². The van der Waals surface area contributed by atoms with Crippen molar-refractivity contribution in [1.29, 1.82) is 0 Å². The molecule has 0 aliphatic heterocycles. The molecular weight excluding hydrogens is 214 g/mol. The molecule has 2 N–H and O–H groups in total. The highest BCUT2D eigenvalue weighted by atomic mass is 16.5. The largest absolute Gasteiger partial charge is 0.394 e. The molecule has 0 aliphatic carbocycles. The average molecular weight is 245 g/mol. The van der Waals surface area contributed by atoms with Crippen molar-refractivity contribution in [2.45, 2.75) is 66.0 Å². The lowest BCUT2D eigenvalue weighted by Crippen LogP contribution is -2.48. The third-order valence-corrected chi connectivity index (χ3v) is 2.94. The first-order valence-corrected chi connectivity index (χ1v) is 6.70. The first kappa shape index (κ1) is 16.9. The molecule has 0 aromatic rings. The van der Waals surface area contributed by atoms with Crippen molar-refractivity contribution in [2.24, 2.45) is 5.41 Å². The van der Waals surface area contributed by atoms with Crippen molar-refractivity contribution in [3.63, 3.8) is 0 Å². The molecule has 0 aliphatic rings. The maximum atomic E-state index is 9.40. The predicted molar refractivity (Wildman–Crippen MR) is 73.3 cm³/mol. The molecule has 2 unspecified atom stereocenters. The molecule has 3 heteroatoms. The molecule has 0 heterocycles. The Kier molecular flexibility index (Phi) is 7.29. The van der Waals surface area contributed by atoms with Gasteiger partial charge in [0, 0.05) is 12.1 Å². The van der Waals surface area contributed by atoms with E-state index in [1.807, 2.05) is 6.92 Å². The van der Waals surface area contributed by atoms with E-state index in [9.17, 15) is 5.11 Å². The van der Waals surface area contributed by atoms with Crippen LogP contribution in [0.15, 0.2) is 0 Å². The van der Waals surface area contributed by atoms with Crippen LogP contribution >= 0.6 is 0 Å². The highest BCUT2D eigenvalue weighted by molar-refractivity contribution is 4.84. The molecule has 0 saturated heterocycles. The first-order chi connectivity index (χ1) is 7.72. The van der Waals surface area contributed by atoms with Crippen molar-refractivity contribution >= 4 is 0 Å². The van der Waals surface area contributed by atoms with Crippen LogP contribution in [0.4, 0.5) is 0 Å². The van der Waals surface area contributed by atoms with Gasteiger partial charge < -0.3 is 15.2 Å². The maximum Gasteiger partial charge on any atom is 0.0611 e. The fourth-order valence-electron chi connectivity index (χ4n) is 1.88. The van der Waals surface area contributed by atoms with Gasteiger partial charge in [-0.05, 0) is 38.6 Å². The van der Waals surface area contributed by atoms with Gasteiger partial charge in [-0.1, -0.05) is 27.7 Å². The summed E-state index contributed by atoms with van der Waals surface area (Å²) in [6.45, 7) is 14.6. The highest BCUT2D eigenvalue weighted by Crippen LogP contribution is 2.20. The van der Waals surface area contributed by atoms with Gasteiger partial charge in [-0.3, -0.25) is 0 Å². The molecule has 0 amide bonds. The molecule has 0 radical (unpaired) electrons. The first-order valence-electron chi connectivity index (χ1n) is 6.70. The lowest BCUT2D eigenvalue weighted by molar-refractivity contribution is 0.0176. The Balaban J connectivity index is 3.95. The van der Waals surface area contributed by atoms with Gasteiger partial charge in [-0.15, -0.1) is 0 Å². The second-order valence-corrected chi connectivity index (χ2v) is 6.45. The topological polar surface area (TPSA) is 41.5 Å². The SMILES string of the molecule is CCNC(C)(CO)CC(C)OCCC(C)(C)C. The molecule has 0 aromatic heterocycles. The van der Waals surface area contributed by atoms with Crippen molar-refractivity contribution in [2.75, 3.05) is 19.8 Å². The number of ether oxygens (including phenoxy) is 1. The zero-order chi connectivity index (χ0) is 13.5. The molecule has 0 fully saturated rings. The number of aliphatic hydroxyl groups excluding tert-OH is 1. The summed E-state index contributed by atoms with van der Waals surface area (Å²) in [5, 5.41) is 12.7. The van der Waals surface area contributed by atoms with Crippen LogP contribution in [0, 0.1) is 5.41 Å². The molecule has 0 bridgehead atoms. The minimum Gasteiger partial charge on any atom is -0.394 e. The summed E-state index contributed by atoms with van der Waals surface area (Å²) in [5.41, 5.74) is 0.0948. The van der Waals surface area contributed by atoms with E-state index in [2.05, 4.69) is 39.9 Å². The molecule has 0 aromatic carbocycles. The van der Waals surface area contributed by atoms with Gasteiger partial charge in [-0.25, -0.2) is 0 Å². The van der Waals surface area contributed by atoms with Crippen molar-refractivity contribution in [3.8, 4) is 0 Å². The van der Waals surface area contributed by atoms with E-state index in [4.69, 9.17) is 4.74 Å². The van der Waals surface area contributed by atoms with Gasteiger partial charge in [0.25, 0.3) is 0 Å². The van der Waals surface area contributed by atoms with Gasteiger partial charge in [0.2, 0.25) is 0 Å². The van der Waals surface area contributed by atoms with Crippen LogP contribution in [0.25, 0.3) is 0 Å². The fourth-order valence-corrected chi connectivity index (χ4v) is 1.88. The van der Waals surface area contributed by atoms with Crippen LogP contribution in [-0.2, 0) is 4.74 Å². The summed E-state index contributed by atoms with van der Waals surface area (Å²) in [6, 6.07) is 0. The van der Waals surface area contributed by atoms with E-state index in [-0.39, 0.29) is 18.2 Å². The standard InChI is InChI=1S/C14H31NO2/c1-7-15-14(6,11-16)10-12(2)17-9-8-13(3,4)5/h12,15-16H,7-11H2,1-6H3. The smallest absolute Gasteiger partial charge is 0.0611 e. The molecule has 0 saturated carbocycles. The Morgan fingerprint density at radius 2 is 1.82 bits per heavy atom. The maximum absolute atomic E-state index is 9.40. The van der Waals surface area contributed by atoms with Crippen molar-refractivity contribution < 1.29 is 9.84 Å². The Morgan fingerprint density at radius 1 is 1.24 bits per heavy atom. The number of nitrogens with one attached hydrogen (secondary N) is 1. The predicted octanol–water partition coefficient (Wildman–Crippen LogP) is 2.58. The van der Waals surface area contributed by atoms with E-state index in [1.165, 1.54) is 0 Å². The minimum atomic E-state index is -0.226. The molecular formula is C14H31NO2. The number of hydrogen-bond donors (Lipinski definition) is 2. The van der Waals surface area contributed by atoms with Gasteiger partial charge in [-0.2, -0.15) is 0 Å².